The molecule has 0 saturated carbocycles. The number of hydrogen-bond donors (Lipinski definition) is 1. The smallest absolute Gasteiger partial charge is 0.230 e. The molecule has 1 aromatic rings. The SMILES string of the molecule is CCN1C(=O)CC(=O)C1c1ccccc1CN. The molecular formula is C13H16N2O2. The van der Waals surface area contributed by atoms with E-state index in [0.717, 1.165) is 11.1 Å². The average Bonchev–Trinajstić information content (AvgIpc) is 2.63. The Morgan fingerprint density at radius 2 is 2.06 bits per heavy atom. The van der Waals surface area contributed by atoms with Gasteiger partial charge in [0.25, 0.3) is 0 Å². The number of benzene rings is 1. The van der Waals surface area contributed by atoms with Gasteiger partial charge in [0.1, 0.15) is 6.04 Å². The lowest BCUT2D eigenvalue weighted by molar-refractivity contribution is -0.128. The van der Waals surface area contributed by atoms with Gasteiger partial charge in [-0.25, -0.2) is 0 Å². The number of nitrogens with two attached hydrogens (primary N) is 1. The van der Waals surface area contributed by atoms with E-state index in [1.54, 1.807) is 4.90 Å². The van der Waals surface area contributed by atoms with Crippen molar-refractivity contribution in [1.29, 1.82) is 0 Å². The van der Waals surface area contributed by atoms with Gasteiger partial charge in [-0.2, -0.15) is 0 Å². The van der Waals surface area contributed by atoms with Crippen LogP contribution in [-0.2, 0) is 16.1 Å². The van der Waals surface area contributed by atoms with E-state index in [9.17, 15) is 9.59 Å². The van der Waals surface area contributed by atoms with E-state index < -0.39 is 6.04 Å². The fraction of sp³-hybridized carbons (Fsp3) is 0.385. The van der Waals surface area contributed by atoms with Crippen molar-refractivity contribution in [3.05, 3.63) is 35.4 Å². The van der Waals surface area contributed by atoms with Crippen molar-refractivity contribution >= 4 is 11.7 Å². The van der Waals surface area contributed by atoms with Gasteiger partial charge in [-0.05, 0) is 18.1 Å². The van der Waals surface area contributed by atoms with Crippen LogP contribution in [0.25, 0.3) is 0 Å². The number of nitrogens with zero attached hydrogens (tertiary/aromatic N) is 1. The highest BCUT2D eigenvalue weighted by Crippen LogP contribution is 2.31. The Labute approximate surface area is 100 Å². The first-order chi connectivity index (χ1) is 8.19. The van der Waals surface area contributed by atoms with Crippen LogP contribution in [0.1, 0.15) is 30.5 Å². The molecule has 1 aliphatic heterocycles. The lowest BCUT2D eigenvalue weighted by Gasteiger charge is -2.24. The number of carbonyl (C=O) groups is 2. The Balaban J connectivity index is 2.44. The molecule has 1 unspecified atom stereocenters. The number of likely N-dealkylation sites (N-methyl/N-ethyl adjacent to an activating group) is 1. The second kappa shape index (κ2) is 4.67. The molecule has 1 aliphatic rings. The van der Waals surface area contributed by atoms with Gasteiger partial charge in [-0.1, -0.05) is 24.3 Å². The molecule has 0 radical (unpaired) electrons. The molecule has 1 aromatic carbocycles. The van der Waals surface area contributed by atoms with Crippen molar-refractivity contribution in [2.75, 3.05) is 6.54 Å². The average molecular weight is 232 g/mol. The third-order valence-corrected chi connectivity index (χ3v) is 3.17. The molecule has 1 fully saturated rings. The number of hydrogen-bond acceptors (Lipinski definition) is 3. The molecule has 1 heterocycles. The minimum Gasteiger partial charge on any atom is -0.328 e. The van der Waals surface area contributed by atoms with Crippen LogP contribution in [0.5, 0.6) is 0 Å². The topological polar surface area (TPSA) is 63.4 Å². The lowest BCUT2D eigenvalue weighted by atomic mass is 9.97. The zero-order valence-electron chi connectivity index (χ0n) is 9.85. The van der Waals surface area contributed by atoms with Gasteiger partial charge in [0, 0.05) is 13.1 Å². The van der Waals surface area contributed by atoms with Gasteiger partial charge in [0.05, 0.1) is 6.42 Å². The predicted octanol–water partition coefficient (Wildman–Crippen LogP) is 1.01. The summed E-state index contributed by atoms with van der Waals surface area (Å²) in [5.74, 6) is -0.118. The predicted molar refractivity (Wildman–Crippen MR) is 64.1 cm³/mol. The van der Waals surface area contributed by atoms with Gasteiger partial charge < -0.3 is 10.6 Å². The molecule has 1 atom stereocenters. The molecule has 17 heavy (non-hydrogen) atoms. The summed E-state index contributed by atoms with van der Waals surface area (Å²) in [5.41, 5.74) is 7.47. The standard InChI is InChI=1S/C13H16N2O2/c1-2-15-12(17)7-11(16)13(15)10-6-4-3-5-9(10)8-14/h3-6,13H,2,7-8,14H2,1H3. The van der Waals surface area contributed by atoms with Crippen molar-refractivity contribution in [3.63, 3.8) is 0 Å². The van der Waals surface area contributed by atoms with Gasteiger partial charge >= 0.3 is 0 Å². The summed E-state index contributed by atoms with van der Waals surface area (Å²) in [7, 11) is 0. The number of amides is 1. The van der Waals surface area contributed by atoms with Crippen LogP contribution >= 0.6 is 0 Å². The lowest BCUT2D eigenvalue weighted by Crippen LogP contribution is -2.29. The van der Waals surface area contributed by atoms with E-state index in [1.165, 1.54) is 0 Å². The summed E-state index contributed by atoms with van der Waals surface area (Å²) in [5, 5.41) is 0. The van der Waals surface area contributed by atoms with Gasteiger partial charge in [0.2, 0.25) is 5.91 Å². The third kappa shape index (κ3) is 1.96. The zero-order valence-corrected chi connectivity index (χ0v) is 9.85. The van der Waals surface area contributed by atoms with E-state index >= 15 is 0 Å². The van der Waals surface area contributed by atoms with Gasteiger partial charge in [0.15, 0.2) is 5.78 Å². The molecule has 0 bridgehead atoms. The summed E-state index contributed by atoms with van der Waals surface area (Å²) in [4.78, 5) is 25.2. The third-order valence-electron chi connectivity index (χ3n) is 3.17. The fourth-order valence-corrected chi connectivity index (χ4v) is 2.35. The van der Waals surface area contributed by atoms with Crippen LogP contribution in [0.15, 0.2) is 24.3 Å². The summed E-state index contributed by atoms with van der Waals surface area (Å²) >= 11 is 0. The maximum absolute atomic E-state index is 11.9. The van der Waals surface area contributed by atoms with Crippen molar-refractivity contribution in [2.45, 2.75) is 25.9 Å². The quantitative estimate of drug-likeness (QED) is 0.791. The van der Waals surface area contributed by atoms with Crippen molar-refractivity contribution in [3.8, 4) is 0 Å². The fourth-order valence-electron chi connectivity index (χ4n) is 2.35. The molecule has 4 nitrogen and oxygen atoms in total. The maximum atomic E-state index is 11.9. The van der Waals surface area contributed by atoms with Crippen LogP contribution in [0.3, 0.4) is 0 Å². The maximum Gasteiger partial charge on any atom is 0.230 e. The van der Waals surface area contributed by atoms with Crippen LogP contribution in [0.2, 0.25) is 0 Å². The normalized spacial score (nSPS) is 20.1. The van der Waals surface area contributed by atoms with Crippen molar-refractivity contribution in [1.82, 2.24) is 4.90 Å². The second-order valence-electron chi connectivity index (χ2n) is 4.13. The largest absolute Gasteiger partial charge is 0.328 e. The Hall–Kier alpha value is -1.68. The first-order valence-electron chi connectivity index (χ1n) is 5.79. The summed E-state index contributed by atoms with van der Waals surface area (Å²) < 4.78 is 0. The minimum absolute atomic E-state index is 0.0113. The van der Waals surface area contributed by atoms with E-state index in [0.29, 0.717) is 13.1 Å². The van der Waals surface area contributed by atoms with Crippen LogP contribution in [0, 0.1) is 0 Å². The highest BCUT2D eigenvalue weighted by molar-refractivity contribution is 6.07. The molecule has 90 valence electrons. The number of carbonyl (C=O) groups excluding carboxylic acids is 2. The zero-order chi connectivity index (χ0) is 12.4. The van der Waals surface area contributed by atoms with Crippen LogP contribution in [-0.4, -0.2) is 23.1 Å². The molecule has 2 N–H and O–H groups in total. The highest BCUT2D eigenvalue weighted by atomic mass is 16.2. The molecular weight excluding hydrogens is 216 g/mol. The first kappa shape index (κ1) is 11.8. The molecule has 1 amide bonds. The number of likely N-dealkylation sites (tertiary alicyclic amines) is 1. The Morgan fingerprint density at radius 1 is 1.35 bits per heavy atom. The first-order valence-corrected chi connectivity index (χ1v) is 5.79. The molecule has 4 heteroatoms. The van der Waals surface area contributed by atoms with E-state index in [4.69, 9.17) is 5.73 Å². The molecule has 0 aliphatic carbocycles. The van der Waals surface area contributed by atoms with E-state index in [2.05, 4.69) is 0 Å². The summed E-state index contributed by atoms with van der Waals surface area (Å²) in [6.45, 7) is 2.81. The van der Waals surface area contributed by atoms with Gasteiger partial charge in [-0.3, -0.25) is 9.59 Å². The number of Topliss-reactive ketones (excluding diaryl/α,β-unsaturated/α-hetero) is 1. The van der Waals surface area contributed by atoms with Crippen LogP contribution in [0.4, 0.5) is 0 Å². The molecule has 0 spiro atoms. The minimum atomic E-state index is -0.438. The van der Waals surface area contributed by atoms with E-state index in [-0.39, 0.29) is 18.1 Å². The Kier molecular flexibility index (Phi) is 3.24. The second-order valence-corrected chi connectivity index (χ2v) is 4.13. The number of ketones is 1. The molecule has 0 aromatic heterocycles. The van der Waals surface area contributed by atoms with Crippen molar-refractivity contribution in [2.24, 2.45) is 5.73 Å². The number of rotatable bonds is 3. The monoisotopic (exact) mass is 232 g/mol. The van der Waals surface area contributed by atoms with Gasteiger partial charge in [-0.15, -0.1) is 0 Å². The molecule has 1 saturated heterocycles. The molecule has 2 rings (SSSR count). The van der Waals surface area contributed by atoms with Crippen molar-refractivity contribution < 1.29 is 9.59 Å². The van der Waals surface area contributed by atoms with Crippen LogP contribution < -0.4 is 5.73 Å². The van der Waals surface area contributed by atoms with E-state index in [1.807, 2.05) is 31.2 Å². The Bertz CT molecular complexity index is 456. The Morgan fingerprint density at radius 3 is 2.71 bits per heavy atom. The summed E-state index contributed by atoms with van der Waals surface area (Å²) in [6, 6.07) is 7.11. The summed E-state index contributed by atoms with van der Waals surface area (Å²) in [6.07, 6.45) is 0.0113. The highest BCUT2D eigenvalue weighted by Gasteiger charge is 2.39.